The molecular weight excluding hydrogens is 206 g/mol. The number of nitrogens with one attached hydrogen (secondary N) is 1. The molecule has 0 aromatic heterocycles. The van der Waals surface area contributed by atoms with Crippen LogP contribution in [0.4, 0.5) is 0 Å². The van der Waals surface area contributed by atoms with Crippen LogP contribution in [-0.4, -0.2) is 22.5 Å². The largest absolute Gasteiger partial charge is 0.478 e. The summed E-state index contributed by atoms with van der Waals surface area (Å²) < 4.78 is 0. The summed E-state index contributed by atoms with van der Waals surface area (Å²) in [4.78, 5) is 22.5. The van der Waals surface area contributed by atoms with Crippen molar-refractivity contribution < 1.29 is 14.7 Å². The maximum atomic E-state index is 11.8. The Morgan fingerprint density at radius 1 is 1.12 bits per heavy atom. The van der Waals surface area contributed by atoms with E-state index < -0.39 is 5.97 Å². The number of rotatable bonds is 5. The van der Waals surface area contributed by atoms with E-state index in [2.05, 4.69) is 5.32 Å². The zero-order valence-electron chi connectivity index (χ0n) is 10.7. The summed E-state index contributed by atoms with van der Waals surface area (Å²) in [5, 5.41) is 11.6. The predicted molar refractivity (Wildman–Crippen MR) is 63.1 cm³/mol. The van der Waals surface area contributed by atoms with E-state index in [0.717, 1.165) is 12.8 Å². The number of amides is 1. The van der Waals surface area contributed by atoms with E-state index in [1.807, 2.05) is 20.8 Å². The van der Waals surface area contributed by atoms with Gasteiger partial charge in [0.25, 0.3) is 0 Å². The third-order valence-corrected chi connectivity index (χ3v) is 3.20. The Morgan fingerprint density at radius 3 is 1.88 bits per heavy atom. The molecule has 0 aromatic carbocycles. The molecule has 0 rings (SSSR count). The van der Waals surface area contributed by atoms with E-state index in [0.29, 0.717) is 0 Å². The lowest BCUT2D eigenvalue weighted by atomic mass is 9.95. The van der Waals surface area contributed by atoms with Crippen LogP contribution in [-0.2, 0) is 9.59 Å². The number of carboxylic acid groups (broad SMARTS) is 1. The van der Waals surface area contributed by atoms with E-state index in [1.165, 1.54) is 13.8 Å². The SMILES string of the molecule is CCC(C)(CC)NC(=O)C(C)=C(C)C(=O)O. The van der Waals surface area contributed by atoms with E-state index in [9.17, 15) is 9.59 Å². The first kappa shape index (κ1) is 14.7. The smallest absolute Gasteiger partial charge is 0.331 e. The van der Waals surface area contributed by atoms with Crippen molar-refractivity contribution in [3.63, 3.8) is 0 Å². The second kappa shape index (κ2) is 5.68. The molecule has 0 aliphatic heterocycles. The molecule has 16 heavy (non-hydrogen) atoms. The Morgan fingerprint density at radius 2 is 1.56 bits per heavy atom. The van der Waals surface area contributed by atoms with Crippen molar-refractivity contribution in [3.05, 3.63) is 11.1 Å². The fourth-order valence-electron chi connectivity index (χ4n) is 1.13. The quantitative estimate of drug-likeness (QED) is 0.707. The standard InChI is InChI=1S/C12H21NO3/c1-6-12(5,7-2)13-10(14)8(3)9(4)11(15)16/h6-7H2,1-5H3,(H,13,14)(H,15,16). The van der Waals surface area contributed by atoms with Crippen LogP contribution in [0.25, 0.3) is 0 Å². The van der Waals surface area contributed by atoms with Crippen LogP contribution in [0, 0.1) is 0 Å². The highest BCUT2D eigenvalue weighted by Gasteiger charge is 2.23. The van der Waals surface area contributed by atoms with Gasteiger partial charge in [0.2, 0.25) is 5.91 Å². The van der Waals surface area contributed by atoms with E-state index in [1.54, 1.807) is 0 Å². The van der Waals surface area contributed by atoms with E-state index >= 15 is 0 Å². The van der Waals surface area contributed by atoms with Gasteiger partial charge in [0, 0.05) is 16.7 Å². The van der Waals surface area contributed by atoms with Crippen molar-refractivity contribution in [2.75, 3.05) is 0 Å². The highest BCUT2D eigenvalue weighted by atomic mass is 16.4. The Hall–Kier alpha value is -1.32. The van der Waals surface area contributed by atoms with Crippen molar-refractivity contribution in [1.29, 1.82) is 0 Å². The Bertz CT molecular complexity index is 314. The second-order valence-corrected chi connectivity index (χ2v) is 4.28. The number of aliphatic carboxylic acids is 1. The van der Waals surface area contributed by atoms with Crippen LogP contribution < -0.4 is 5.32 Å². The summed E-state index contributed by atoms with van der Waals surface area (Å²) >= 11 is 0. The molecule has 0 saturated carbocycles. The first-order valence-electron chi connectivity index (χ1n) is 5.50. The third-order valence-electron chi connectivity index (χ3n) is 3.20. The molecule has 0 fully saturated rings. The van der Waals surface area contributed by atoms with Gasteiger partial charge in [0.15, 0.2) is 0 Å². The van der Waals surface area contributed by atoms with Gasteiger partial charge in [-0.3, -0.25) is 4.79 Å². The number of hydrogen-bond acceptors (Lipinski definition) is 2. The average Bonchev–Trinajstić information content (AvgIpc) is 2.26. The molecule has 92 valence electrons. The number of carboxylic acids is 1. The zero-order valence-corrected chi connectivity index (χ0v) is 10.7. The number of carbonyl (C=O) groups excluding carboxylic acids is 1. The maximum absolute atomic E-state index is 11.8. The molecule has 4 heteroatoms. The maximum Gasteiger partial charge on any atom is 0.331 e. The van der Waals surface area contributed by atoms with Gasteiger partial charge in [-0.15, -0.1) is 0 Å². The lowest BCUT2D eigenvalue weighted by Gasteiger charge is -2.28. The van der Waals surface area contributed by atoms with Gasteiger partial charge >= 0.3 is 5.97 Å². The Kier molecular flexibility index (Phi) is 5.21. The first-order valence-corrected chi connectivity index (χ1v) is 5.50. The first-order chi connectivity index (χ1) is 7.27. The molecule has 0 unspecified atom stereocenters. The summed E-state index contributed by atoms with van der Waals surface area (Å²) in [5.74, 6) is -1.35. The van der Waals surface area contributed by atoms with Crippen molar-refractivity contribution in [2.24, 2.45) is 0 Å². The number of carbonyl (C=O) groups is 2. The fourth-order valence-corrected chi connectivity index (χ4v) is 1.13. The van der Waals surface area contributed by atoms with Crippen molar-refractivity contribution in [2.45, 2.75) is 53.0 Å². The Labute approximate surface area is 96.7 Å². The summed E-state index contributed by atoms with van der Waals surface area (Å²) in [5.41, 5.74) is 0.0876. The highest BCUT2D eigenvalue weighted by Crippen LogP contribution is 2.15. The molecule has 0 atom stereocenters. The lowest BCUT2D eigenvalue weighted by molar-refractivity contribution is -0.133. The van der Waals surface area contributed by atoms with E-state index in [-0.39, 0.29) is 22.6 Å². The summed E-state index contributed by atoms with van der Waals surface area (Å²) in [7, 11) is 0. The monoisotopic (exact) mass is 227 g/mol. The van der Waals surface area contributed by atoms with Crippen molar-refractivity contribution >= 4 is 11.9 Å². The molecule has 0 radical (unpaired) electrons. The molecule has 0 spiro atoms. The topological polar surface area (TPSA) is 66.4 Å². The van der Waals surface area contributed by atoms with Gasteiger partial charge < -0.3 is 10.4 Å². The van der Waals surface area contributed by atoms with Gasteiger partial charge in [-0.2, -0.15) is 0 Å². The molecule has 2 N–H and O–H groups in total. The molecule has 4 nitrogen and oxygen atoms in total. The minimum atomic E-state index is -1.05. The van der Waals surface area contributed by atoms with Gasteiger partial charge in [-0.05, 0) is 33.6 Å². The molecule has 0 aliphatic carbocycles. The minimum absolute atomic E-state index is 0.0899. The van der Waals surface area contributed by atoms with Gasteiger partial charge in [0.05, 0.1) is 0 Å². The molecule has 0 heterocycles. The summed E-state index contributed by atoms with van der Waals surface area (Å²) in [6.07, 6.45) is 1.63. The average molecular weight is 227 g/mol. The van der Waals surface area contributed by atoms with Gasteiger partial charge in [0.1, 0.15) is 0 Å². The molecule has 0 saturated heterocycles. The lowest BCUT2D eigenvalue weighted by Crippen LogP contribution is -2.45. The Balaban J connectivity index is 4.85. The minimum Gasteiger partial charge on any atom is -0.478 e. The summed E-state index contributed by atoms with van der Waals surface area (Å²) in [6, 6.07) is 0. The highest BCUT2D eigenvalue weighted by molar-refractivity contribution is 6.01. The summed E-state index contributed by atoms with van der Waals surface area (Å²) in [6.45, 7) is 8.91. The molecule has 0 bridgehead atoms. The van der Waals surface area contributed by atoms with Gasteiger partial charge in [-0.1, -0.05) is 13.8 Å². The molecule has 0 aromatic rings. The second-order valence-electron chi connectivity index (χ2n) is 4.28. The van der Waals surface area contributed by atoms with Crippen molar-refractivity contribution in [3.8, 4) is 0 Å². The van der Waals surface area contributed by atoms with E-state index in [4.69, 9.17) is 5.11 Å². The molecule has 0 aliphatic rings. The number of hydrogen-bond donors (Lipinski definition) is 2. The third kappa shape index (κ3) is 3.68. The normalized spacial score (nSPS) is 13.1. The van der Waals surface area contributed by atoms with Crippen LogP contribution >= 0.6 is 0 Å². The molecular formula is C12H21NO3. The van der Waals surface area contributed by atoms with Crippen LogP contribution in [0.1, 0.15) is 47.5 Å². The molecule has 1 amide bonds. The zero-order chi connectivity index (χ0) is 12.9. The predicted octanol–water partition coefficient (Wildman–Crippen LogP) is 2.10. The fraction of sp³-hybridized carbons (Fsp3) is 0.667. The van der Waals surface area contributed by atoms with Gasteiger partial charge in [-0.25, -0.2) is 4.79 Å². The van der Waals surface area contributed by atoms with Crippen LogP contribution in [0.5, 0.6) is 0 Å². The van der Waals surface area contributed by atoms with Crippen LogP contribution in [0.2, 0.25) is 0 Å². The van der Waals surface area contributed by atoms with Crippen molar-refractivity contribution in [1.82, 2.24) is 5.32 Å². The van der Waals surface area contributed by atoms with Crippen LogP contribution in [0.3, 0.4) is 0 Å². The van der Waals surface area contributed by atoms with Crippen LogP contribution in [0.15, 0.2) is 11.1 Å².